The molecule has 0 aliphatic heterocycles. The molecule has 1 aliphatic carbocycles. The third-order valence-electron chi connectivity index (χ3n) is 4.86. The van der Waals surface area contributed by atoms with Gasteiger partial charge in [-0.15, -0.1) is 10.2 Å². The second-order valence-electron chi connectivity index (χ2n) is 6.80. The molecule has 1 N–H and O–H groups in total. The summed E-state index contributed by atoms with van der Waals surface area (Å²) in [4.78, 5) is 12.3. The van der Waals surface area contributed by atoms with E-state index in [2.05, 4.69) is 20.1 Å². The number of aromatic nitrogens is 3. The predicted molar refractivity (Wildman–Crippen MR) is 114 cm³/mol. The molecule has 0 saturated heterocycles. The number of nitrogens with zero attached hydrogens (tertiary/aromatic N) is 3. The molecule has 1 heterocycles. The van der Waals surface area contributed by atoms with Gasteiger partial charge in [0.15, 0.2) is 11.0 Å². The molecule has 4 rings (SSSR count). The average molecular weight is 413 g/mol. The Morgan fingerprint density at radius 2 is 1.79 bits per heavy atom. The van der Waals surface area contributed by atoms with Gasteiger partial charge in [-0.2, -0.15) is 0 Å². The van der Waals surface area contributed by atoms with Gasteiger partial charge in [-0.25, -0.2) is 0 Å². The van der Waals surface area contributed by atoms with Gasteiger partial charge in [-0.1, -0.05) is 66.5 Å². The Bertz CT molecular complexity index is 954. The molecule has 0 bridgehead atoms. The summed E-state index contributed by atoms with van der Waals surface area (Å²) < 4.78 is 2.18. The SMILES string of the molecule is O=C(CSc1nnc(-c2ccccc2Cl)n1C1CCCC1)Nc1ccccc1. The van der Waals surface area contributed by atoms with Crippen LogP contribution in [0.2, 0.25) is 5.02 Å². The molecule has 7 heteroatoms. The number of carbonyl (C=O) groups excluding carboxylic acids is 1. The van der Waals surface area contributed by atoms with Crippen molar-refractivity contribution in [3.05, 3.63) is 59.6 Å². The van der Waals surface area contributed by atoms with Gasteiger partial charge < -0.3 is 5.32 Å². The smallest absolute Gasteiger partial charge is 0.234 e. The highest BCUT2D eigenvalue weighted by atomic mass is 35.5. The van der Waals surface area contributed by atoms with Crippen molar-refractivity contribution in [3.8, 4) is 11.4 Å². The van der Waals surface area contributed by atoms with Gasteiger partial charge in [0.05, 0.1) is 10.8 Å². The summed E-state index contributed by atoms with van der Waals surface area (Å²) >= 11 is 7.83. The normalized spacial score (nSPS) is 14.3. The number of halogens is 1. The first-order valence-electron chi connectivity index (χ1n) is 9.40. The summed E-state index contributed by atoms with van der Waals surface area (Å²) in [7, 11) is 0. The fourth-order valence-corrected chi connectivity index (χ4v) is 4.57. The van der Waals surface area contributed by atoms with Crippen molar-refractivity contribution in [3.63, 3.8) is 0 Å². The van der Waals surface area contributed by atoms with E-state index in [-0.39, 0.29) is 11.7 Å². The second-order valence-corrected chi connectivity index (χ2v) is 8.15. The van der Waals surface area contributed by atoms with Crippen LogP contribution in [0.25, 0.3) is 11.4 Å². The van der Waals surface area contributed by atoms with E-state index >= 15 is 0 Å². The van der Waals surface area contributed by atoms with E-state index in [1.807, 2.05) is 54.6 Å². The quantitative estimate of drug-likeness (QED) is 0.547. The molecule has 144 valence electrons. The molecule has 1 amide bonds. The number of amides is 1. The van der Waals surface area contributed by atoms with Gasteiger partial charge in [0.1, 0.15) is 0 Å². The summed E-state index contributed by atoms with van der Waals surface area (Å²) in [6.45, 7) is 0. The highest BCUT2D eigenvalue weighted by Crippen LogP contribution is 2.38. The van der Waals surface area contributed by atoms with Crippen molar-refractivity contribution in [2.24, 2.45) is 0 Å². The maximum Gasteiger partial charge on any atom is 0.234 e. The Kier molecular flexibility index (Phi) is 5.98. The number of para-hydroxylation sites is 1. The van der Waals surface area contributed by atoms with Gasteiger partial charge in [0.2, 0.25) is 5.91 Å². The number of rotatable bonds is 6. The average Bonchev–Trinajstić information content (AvgIpc) is 3.37. The third kappa shape index (κ3) is 4.23. The summed E-state index contributed by atoms with van der Waals surface area (Å²) in [5.74, 6) is 1.00. The molecule has 0 atom stereocenters. The van der Waals surface area contributed by atoms with E-state index in [4.69, 9.17) is 11.6 Å². The monoisotopic (exact) mass is 412 g/mol. The Labute approximate surface area is 173 Å². The minimum Gasteiger partial charge on any atom is -0.325 e. The van der Waals surface area contributed by atoms with Crippen molar-refractivity contribution in [2.75, 3.05) is 11.1 Å². The molecule has 0 unspecified atom stereocenters. The number of hydrogen-bond acceptors (Lipinski definition) is 4. The Balaban J connectivity index is 1.55. The van der Waals surface area contributed by atoms with Crippen molar-refractivity contribution >= 4 is 35.0 Å². The number of carbonyl (C=O) groups is 1. The minimum atomic E-state index is -0.0588. The van der Waals surface area contributed by atoms with Gasteiger partial charge in [-0.05, 0) is 37.1 Å². The summed E-state index contributed by atoms with van der Waals surface area (Å²) in [6.07, 6.45) is 4.59. The number of hydrogen-bond donors (Lipinski definition) is 1. The molecular weight excluding hydrogens is 392 g/mol. The van der Waals surface area contributed by atoms with Crippen molar-refractivity contribution in [1.29, 1.82) is 0 Å². The van der Waals surface area contributed by atoms with Crippen molar-refractivity contribution in [2.45, 2.75) is 36.9 Å². The lowest BCUT2D eigenvalue weighted by Crippen LogP contribution is -2.15. The van der Waals surface area contributed by atoms with Crippen LogP contribution >= 0.6 is 23.4 Å². The molecule has 1 saturated carbocycles. The molecule has 5 nitrogen and oxygen atoms in total. The number of thioether (sulfide) groups is 1. The van der Waals surface area contributed by atoms with E-state index in [0.29, 0.717) is 11.1 Å². The van der Waals surface area contributed by atoms with Crippen molar-refractivity contribution in [1.82, 2.24) is 14.8 Å². The molecule has 3 aromatic rings. The fraction of sp³-hybridized carbons (Fsp3) is 0.286. The Morgan fingerprint density at radius 3 is 2.54 bits per heavy atom. The van der Waals surface area contributed by atoms with Crippen molar-refractivity contribution < 1.29 is 4.79 Å². The van der Waals surface area contributed by atoms with Crippen LogP contribution < -0.4 is 5.32 Å². The zero-order chi connectivity index (χ0) is 19.3. The van der Waals surface area contributed by atoms with Crippen LogP contribution in [0.1, 0.15) is 31.7 Å². The second kappa shape index (κ2) is 8.80. The molecule has 0 spiro atoms. The van der Waals surface area contributed by atoms with Crippen LogP contribution in [0.15, 0.2) is 59.8 Å². The van der Waals surface area contributed by atoms with Crippen LogP contribution in [-0.4, -0.2) is 26.4 Å². The number of anilines is 1. The molecule has 2 aromatic carbocycles. The molecule has 1 aliphatic rings. The minimum absolute atomic E-state index is 0.0588. The summed E-state index contributed by atoms with van der Waals surface area (Å²) in [5.41, 5.74) is 1.67. The Morgan fingerprint density at radius 1 is 1.07 bits per heavy atom. The standard InChI is InChI=1S/C21H21ClN4OS/c22-18-13-7-6-12-17(18)20-24-25-21(26(20)16-10-4-5-11-16)28-14-19(27)23-15-8-2-1-3-9-15/h1-3,6-9,12-13,16H,4-5,10-11,14H2,(H,23,27). The van der Waals surface area contributed by atoms with E-state index in [1.165, 1.54) is 24.6 Å². The molecule has 1 aromatic heterocycles. The lowest BCUT2D eigenvalue weighted by molar-refractivity contribution is -0.113. The van der Waals surface area contributed by atoms with Crippen LogP contribution in [-0.2, 0) is 4.79 Å². The fourth-order valence-electron chi connectivity index (χ4n) is 3.54. The maximum absolute atomic E-state index is 12.3. The summed E-state index contributed by atoms with van der Waals surface area (Å²) in [5, 5.41) is 13.2. The molecule has 28 heavy (non-hydrogen) atoms. The Hall–Kier alpha value is -2.31. The highest BCUT2D eigenvalue weighted by molar-refractivity contribution is 7.99. The first kappa shape index (κ1) is 19.0. The van der Waals surface area contributed by atoms with E-state index in [9.17, 15) is 4.79 Å². The third-order valence-corrected chi connectivity index (χ3v) is 6.13. The number of benzene rings is 2. The maximum atomic E-state index is 12.3. The predicted octanol–water partition coefficient (Wildman–Crippen LogP) is 5.44. The van der Waals surface area contributed by atoms with Crippen LogP contribution in [0.4, 0.5) is 5.69 Å². The summed E-state index contributed by atoms with van der Waals surface area (Å²) in [6, 6.07) is 17.5. The van der Waals surface area contributed by atoms with E-state index in [0.717, 1.165) is 35.1 Å². The van der Waals surface area contributed by atoms with Gasteiger partial charge in [-0.3, -0.25) is 9.36 Å². The molecule has 1 fully saturated rings. The lowest BCUT2D eigenvalue weighted by atomic mass is 10.2. The zero-order valence-electron chi connectivity index (χ0n) is 15.3. The van der Waals surface area contributed by atoms with Crippen LogP contribution in [0.5, 0.6) is 0 Å². The molecular formula is C21H21ClN4OS. The molecule has 0 radical (unpaired) electrons. The van der Waals surface area contributed by atoms with Crippen LogP contribution in [0, 0.1) is 0 Å². The van der Waals surface area contributed by atoms with E-state index < -0.39 is 0 Å². The first-order chi connectivity index (χ1) is 13.7. The van der Waals surface area contributed by atoms with E-state index in [1.54, 1.807) is 0 Å². The highest BCUT2D eigenvalue weighted by Gasteiger charge is 2.26. The van der Waals surface area contributed by atoms with Gasteiger partial charge in [0, 0.05) is 17.3 Å². The van der Waals surface area contributed by atoms with Gasteiger partial charge >= 0.3 is 0 Å². The topological polar surface area (TPSA) is 59.8 Å². The largest absolute Gasteiger partial charge is 0.325 e. The number of nitrogens with one attached hydrogen (secondary N) is 1. The first-order valence-corrected chi connectivity index (χ1v) is 10.8. The lowest BCUT2D eigenvalue weighted by Gasteiger charge is -2.17. The zero-order valence-corrected chi connectivity index (χ0v) is 16.9. The van der Waals surface area contributed by atoms with Crippen LogP contribution in [0.3, 0.4) is 0 Å². The van der Waals surface area contributed by atoms with Gasteiger partial charge in [0.25, 0.3) is 0 Å².